The quantitative estimate of drug-likeness (QED) is 0.621. The second kappa shape index (κ2) is 6.71. The fourth-order valence-electron chi connectivity index (χ4n) is 2.08. The fourth-order valence-corrected chi connectivity index (χ4v) is 3.72. The molecule has 102 valence electrons. The molecule has 0 aliphatic heterocycles. The molecule has 0 aromatic heterocycles. The lowest BCUT2D eigenvalue weighted by Gasteiger charge is -2.38. The predicted molar refractivity (Wildman–Crippen MR) is 71.6 cm³/mol. The van der Waals surface area contributed by atoms with E-state index >= 15 is 0 Å². The molecule has 0 aromatic carbocycles. The van der Waals surface area contributed by atoms with Crippen LogP contribution in [0.4, 0.5) is 0 Å². The molecule has 5 heteroatoms. The van der Waals surface area contributed by atoms with Gasteiger partial charge < -0.3 is 5.32 Å². The van der Waals surface area contributed by atoms with E-state index in [1.165, 1.54) is 0 Å². The zero-order valence-corrected chi connectivity index (χ0v) is 11.9. The van der Waals surface area contributed by atoms with Gasteiger partial charge in [-0.15, -0.1) is 0 Å². The summed E-state index contributed by atoms with van der Waals surface area (Å²) in [4.78, 5) is 0. The van der Waals surface area contributed by atoms with Crippen molar-refractivity contribution in [3.63, 3.8) is 0 Å². The third-order valence-electron chi connectivity index (χ3n) is 3.30. The molecule has 0 bridgehead atoms. The molecule has 0 atom stereocenters. The van der Waals surface area contributed by atoms with Gasteiger partial charge in [-0.05, 0) is 58.5 Å². The predicted octanol–water partition coefficient (Wildman–Crippen LogP) is 1.63. The fraction of sp³-hybridized carbons (Fsp3) is 1.00. The van der Waals surface area contributed by atoms with Crippen molar-refractivity contribution in [3.05, 3.63) is 0 Å². The van der Waals surface area contributed by atoms with E-state index in [1.54, 1.807) is 0 Å². The lowest BCUT2D eigenvalue weighted by molar-refractivity contribution is 0.248. The maximum atomic E-state index is 11.8. The highest BCUT2D eigenvalue weighted by atomic mass is 32.2. The molecule has 1 aliphatic rings. The summed E-state index contributed by atoms with van der Waals surface area (Å²) >= 11 is 0. The molecule has 0 heterocycles. The smallest absolute Gasteiger partial charge is 0.212 e. The molecule has 0 unspecified atom stereocenters. The third-order valence-corrected chi connectivity index (χ3v) is 4.93. The van der Waals surface area contributed by atoms with E-state index in [-0.39, 0.29) is 11.3 Å². The van der Waals surface area contributed by atoms with Crippen molar-refractivity contribution in [3.8, 4) is 0 Å². The third kappa shape index (κ3) is 5.84. The molecule has 0 radical (unpaired) electrons. The minimum Gasteiger partial charge on any atom is -0.317 e. The van der Waals surface area contributed by atoms with Crippen LogP contribution in [0.3, 0.4) is 0 Å². The standard InChI is InChI=1S/C12H26N2O2S/c1-3-9-13-10-4-5-11-17(15,16)14-12(2)7-6-8-12/h13-14H,3-11H2,1-2H3. The molecule has 1 saturated carbocycles. The Morgan fingerprint density at radius 3 is 2.41 bits per heavy atom. The van der Waals surface area contributed by atoms with Crippen LogP contribution in [0, 0.1) is 0 Å². The van der Waals surface area contributed by atoms with Gasteiger partial charge in [0.25, 0.3) is 0 Å². The van der Waals surface area contributed by atoms with Crippen molar-refractivity contribution < 1.29 is 8.42 Å². The molecule has 0 amide bonds. The highest BCUT2D eigenvalue weighted by molar-refractivity contribution is 7.89. The van der Waals surface area contributed by atoms with Crippen LogP contribution >= 0.6 is 0 Å². The average Bonchev–Trinajstić information content (AvgIpc) is 2.20. The minimum absolute atomic E-state index is 0.153. The van der Waals surface area contributed by atoms with E-state index in [2.05, 4.69) is 17.0 Å². The Morgan fingerprint density at radius 2 is 1.88 bits per heavy atom. The zero-order chi connectivity index (χ0) is 12.8. The molecule has 1 rings (SSSR count). The van der Waals surface area contributed by atoms with Crippen LogP contribution in [-0.2, 0) is 10.0 Å². The second-order valence-corrected chi connectivity index (χ2v) is 7.13. The first-order chi connectivity index (χ1) is 7.97. The number of unbranched alkanes of at least 4 members (excludes halogenated alkanes) is 1. The SMILES string of the molecule is CCCNCCCCS(=O)(=O)NC1(C)CCC1. The van der Waals surface area contributed by atoms with Crippen molar-refractivity contribution in [1.82, 2.24) is 10.0 Å². The monoisotopic (exact) mass is 262 g/mol. The maximum Gasteiger partial charge on any atom is 0.212 e. The van der Waals surface area contributed by atoms with Crippen LogP contribution in [0.5, 0.6) is 0 Å². The van der Waals surface area contributed by atoms with Crippen LogP contribution < -0.4 is 10.0 Å². The summed E-state index contributed by atoms with van der Waals surface area (Å²) in [6.07, 6.45) is 5.88. The van der Waals surface area contributed by atoms with E-state index in [0.717, 1.165) is 51.6 Å². The molecular formula is C12H26N2O2S. The van der Waals surface area contributed by atoms with Crippen LogP contribution in [0.1, 0.15) is 52.4 Å². The van der Waals surface area contributed by atoms with Crippen molar-refractivity contribution >= 4 is 10.0 Å². The first-order valence-corrected chi connectivity index (χ1v) is 8.35. The Morgan fingerprint density at radius 1 is 1.18 bits per heavy atom. The number of rotatable bonds is 9. The summed E-state index contributed by atoms with van der Waals surface area (Å²) in [6.45, 7) is 6.06. The summed E-state index contributed by atoms with van der Waals surface area (Å²) in [6, 6.07) is 0. The summed E-state index contributed by atoms with van der Waals surface area (Å²) in [5, 5.41) is 3.28. The van der Waals surface area contributed by atoms with Gasteiger partial charge in [-0.25, -0.2) is 13.1 Å². The van der Waals surface area contributed by atoms with Crippen LogP contribution in [0.2, 0.25) is 0 Å². The first kappa shape index (κ1) is 14.9. The molecule has 0 saturated heterocycles. The van der Waals surface area contributed by atoms with Gasteiger partial charge >= 0.3 is 0 Å². The highest BCUT2D eigenvalue weighted by Crippen LogP contribution is 2.31. The number of hydrogen-bond acceptors (Lipinski definition) is 3. The van der Waals surface area contributed by atoms with E-state index in [0.29, 0.717) is 0 Å². The lowest BCUT2D eigenvalue weighted by Crippen LogP contribution is -2.51. The van der Waals surface area contributed by atoms with Crippen LogP contribution in [0.15, 0.2) is 0 Å². The van der Waals surface area contributed by atoms with Crippen molar-refractivity contribution in [1.29, 1.82) is 0 Å². The number of nitrogens with one attached hydrogen (secondary N) is 2. The molecule has 2 N–H and O–H groups in total. The van der Waals surface area contributed by atoms with Gasteiger partial charge in [0.05, 0.1) is 5.75 Å². The van der Waals surface area contributed by atoms with E-state index < -0.39 is 10.0 Å². The molecule has 1 fully saturated rings. The molecule has 0 spiro atoms. The molecule has 17 heavy (non-hydrogen) atoms. The van der Waals surface area contributed by atoms with E-state index in [4.69, 9.17) is 0 Å². The van der Waals surface area contributed by atoms with Gasteiger partial charge in [-0.2, -0.15) is 0 Å². The summed E-state index contributed by atoms with van der Waals surface area (Å²) < 4.78 is 26.4. The Bertz CT molecular complexity index is 310. The van der Waals surface area contributed by atoms with Crippen molar-refractivity contribution in [2.45, 2.75) is 57.9 Å². The Hall–Kier alpha value is -0.130. The van der Waals surface area contributed by atoms with Gasteiger partial charge in [0.2, 0.25) is 10.0 Å². The molecule has 4 nitrogen and oxygen atoms in total. The normalized spacial score (nSPS) is 18.9. The molecule has 1 aliphatic carbocycles. The Labute approximate surface area is 106 Å². The largest absolute Gasteiger partial charge is 0.317 e. The lowest BCUT2D eigenvalue weighted by atomic mass is 9.80. The summed E-state index contributed by atoms with van der Waals surface area (Å²) in [7, 11) is -3.07. The van der Waals surface area contributed by atoms with Gasteiger partial charge in [-0.3, -0.25) is 0 Å². The first-order valence-electron chi connectivity index (χ1n) is 6.70. The Balaban J connectivity index is 2.12. The van der Waals surface area contributed by atoms with E-state index in [1.807, 2.05) is 6.92 Å². The zero-order valence-electron chi connectivity index (χ0n) is 11.1. The van der Waals surface area contributed by atoms with Crippen LogP contribution in [0.25, 0.3) is 0 Å². The van der Waals surface area contributed by atoms with Crippen molar-refractivity contribution in [2.24, 2.45) is 0 Å². The van der Waals surface area contributed by atoms with Gasteiger partial charge in [-0.1, -0.05) is 6.92 Å². The summed E-state index contributed by atoms with van der Waals surface area (Å²) in [5.41, 5.74) is -0.153. The highest BCUT2D eigenvalue weighted by Gasteiger charge is 2.35. The van der Waals surface area contributed by atoms with Crippen molar-refractivity contribution in [2.75, 3.05) is 18.8 Å². The van der Waals surface area contributed by atoms with Gasteiger partial charge in [0.1, 0.15) is 0 Å². The number of hydrogen-bond donors (Lipinski definition) is 2. The van der Waals surface area contributed by atoms with Crippen LogP contribution in [-0.4, -0.2) is 32.8 Å². The topological polar surface area (TPSA) is 58.2 Å². The average molecular weight is 262 g/mol. The summed E-state index contributed by atoms with van der Waals surface area (Å²) in [5.74, 6) is 0.260. The number of sulfonamides is 1. The Kier molecular flexibility index (Phi) is 5.89. The second-order valence-electron chi connectivity index (χ2n) is 5.29. The molecule has 0 aromatic rings. The maximum absolute atomic E-state index is 11.8. The van der Waals surface area contributed by atoms with Gasteiger partial charge in [0.15, 0.2) is 0 Å². The minimum atomic E-state index is -3.07. The molecular weight excluding hydrogens is 236 g/mol. The van der Waals surface area contributed by atoms with Gasteiger partial charge in [0, 0.05) is 5.54 Å². The van der Waals surface area contributed by atoms with E-state index in [9.17, 15) is 8.42 Å².